The highest BCUT2D eigenvalue weighted by molar-refractivity contribution is 6.11. The molecule has 0 aliphatic heterocycles. The lowest BCUT2D eigenvalue weighted by molar-refractivity contribution is -0.384. The molecule has 4 rings (SSSR count). The van der Waals surface area contributed by atoms with E-state index in [-0.39, 0.29) is 22.3 Å². The molecule has 0 spiro atoms. The van der Waals surface area contributed by atoms with Crippen molar-refractivity contribution >= 4 is 33.1 Å². The largest absolute Gasteiger partial charge is 0.422 e. The number of anilines is 1. The van der Waals surface area contributed by atoms with E-state index in [9.17, 15) is 20.2 Å². The molecule has 0 aliphatic rings. The highest BCUT2D eigenvalue weighted by atomic mass is 16.6. The van der Waals surface area contributed by atoms with Crippen LogP contribution in [0.2, 0.25) is 0 Å². The van der Waals surface area contributed by atoms with Crippen LogP contribution in [0.3, 0.4) is 0 Å². The normalized spacial score (nSPS) is 10.8. The Balaban J connectivity index is 2.12. The number of hydrogen-bond acceptors (Lipinski definition) is 6. The first kappa shape index (κ1) is 16.3. The average Bonchev–Trinajstić information content (AvgIpc) is 2.67. The molecule has 0 atom stereocenters. The van der Waals surface area contributed by atoms with Crippen LogP contribution in [0, 0.1) is 21.4 Å². The number of fused-ring (bicyclic) bond motifs is 3. The third kappa shape index (κ3) is 2.48. The molecule has 0 saturated heterocycles. The standard InChI is InChI=1S/C20H11N3O4/c21-10-16-14(11-5-7-12(8-6-11)23(25)26)9-15-13-3-1-2-4-17(13)27-20(24)18(15)19(16)22/h1-9H,22H2. The highest BCUT2D eigenvalue weighted by Gasteiger charge is 2.18. The van der Waals surface area contributed by atoms with Gasteiger partial charge in [0.15, 0.2) is 0 Å². The fraction of sp³-hybridized carbons (Fsp3) is 0. The van der Waals surface area contributed by atoms with E-state index in [0.717, 1.165) is 0 Å². The van der Waals surface area contributed by atoms with Crippen molar-refractivity contribution in [1.82, 2.24) is 0 Å². The van der Waals surface area contributed by atoms with Crippen molar-refractivity contribution in [3.63, 3.8) is 0 Å². The number of nitrogens with two attached hydrogens (primary N) is 1. The molecule has 7 heteroatoms. The maximum absolute atomic E-state index is 12.4. The van der Waals surface area contributed by atoms with Gasteiger partial charge in [0.2, 0.25) is 0 Å². The Hall–Kier alpha value is -4.18. The second-order valence-corrected chi connectivity index (χ2v) is 5.94. The van der Waals surface area contributed by atoms with Crippen LogP contribution >= 0.6 is 0 Å². The van der Waals surface area contributed by atoms with Crippen LogP contribution in [-0.2, 0) is 0 Å². The SMILES string of the molecule is N#Cc1c(-c2ccc([N+](=O)[O-])cc2)cc2c(c1N)c(=O)oc1ccccc12. The highest BCUT2D eigenvalue weighted by Crippen LogP contribution is 2.36. The van der Waals surface area contributed by atoms with E-state index in [2.05, 4.69) is 0 Å². The lowest BCUT2D eigenvalue weighted by atomic mass is 9.93. The van der Waals surface area contributed by atoms with Gasteiger partial charge in [-0.1, -0.05) is 18.2 Å². The Labute approximate surface area is 152 Å². The fourth-order valence-electron chi connectivity index (χ4n) is 3.18. The van der Waals surface area contributed by atoms with Gasteiger partial charge in [-0.3, -0.25) is 10.1 Å². The maximum atomic E-state index is 12.4. The molecular weight excluding hydrogens is 346 g/mol. The number of nitriles is 1. The number of nitrogen functional groups attached to an aromatic ring is 1. The Kier molecular flexibility index (Phi) is 3.60. The van der Waals surface area contributed by atoms with Gasteiger partial charge in [-0.05, 0) is 29.8 Å². The predicted octanol–water partition coefficient (Wildman–Crippen LogP) is 3.98. The second-order valence-electron chi connectivity index (χ2n) is 5.94. The lowest BCUT2D eigenvalue weighted by Gasteiger charge is -2.11. The van der Waals surface area contributed by atoms with E-state index in [1.54, 1.807) is 36.4 Å². The first-order chi connectivity index (χ1) is 13.0. The molecule has 27 heavy (non-hydrogen) atoms. The molecule has 130 valence electrons. The molecule has 0 unspecified atom stereocenters. The summed E-state index contributed by atoms with van der Waals surface area (Å²) in [4.78, 5) is 22.8. The van der Waals surface area contributed by atoms with Gasteiger partial charge in [0.25, 0.3) is 5.69 Å². The topological polar surface area (TPSA) is 123 Å². The zero-order valence-corrected chi connectivity index (χ0v) is 13.8. The summed E-state index contributed by atoms with van der Waals surface area (Å²) in [6, 6.07) is 16.6. The Bertz CT molecular complexity index is 1330. The smallest absolute Gasteiger partial charge is 0.346 e. The molecule has 1 heterocycles. The van der Waals surface area contributed by atoms with Crippen molar-refractivity contribution in [1.29, 1.82) is 5.26 Å². The molecule has 0 radical (unpaired) electrons. The van der Waals surface area contributed by atoms with Gasteiger partial charge in [0.05, 0.1) is 21.6 Å². The molecule has 4 aromatic rings. The lowest BCUT2D eigenvalue weighted by Crippen LogP contribution is -2.06. The van der Waals surface area contributed by atoms with E-state index < -0.39 is 10.5 Å². The van der Waals surface area contributed by atoms with Crippen molar-refractivity contribution in [3.05, 3.63) is 80.7 Å². The summed E-state index contributed by atoms with van der Waals surface area (Å²) in [5, 5.41) is 21.9. The first-order valence-electron chi connectivity index (χ1n) is 7.94. The minimum absolute atomic E-state index is 0.0304. The average molecular weight is 357 g/mol. The summed E-state index contributed by atoms with van der Waals surface area (Å²) in [7, 11) is 0. The molecule has 0 fully saturated rings. The summed E-state index contributed by atoms with van der Waals surface area (Å²) in [5.41, 5.74) is 7.12. The number of non-ortho nitro benzene ring substituents is 1. The predicted molar refractivity (Wildman–Crippen MR) is 101 cm³/mol. The van der Waals surface area contributed by atoms with E-state index in [1.807, 2.05) is 12.1 Å². The second kappa shape index (κ2) is 5.97. The summed E-state index contributed by atoms with van der Waals surface area (Å²) in [6.07, 6.45) is 0. The fourth-order valence-corrected chi connectivity index (χ4v) is 3.18. The summed E-state index contributed by atoms with van der Waals surface area (Å²) in [5.74, 6) is 0. The van der Waals surface area contributed by atoms with Crippen LogP contribution in [0.4, 0.5) is 11.4 Å². The van der Waals surface area contributed by atoms with E-state index >= 15 is 0 Å². The number of nitro groups is 1. The van der Waals surface area contributed by atoms with Crippen LogP contribution in [-0.4, -0.2) is 4.92 Å². The van der Waals surface area contributed by atoms with Crippen LogP contribution in [0.5, 0.6) is 0 Å². The molecule has 1 aromatic heterocycles. The molecule has 0 saturated carbocycles. The number of rotatable bonds is 2. The van der Waals surface area contributed by atoms with Crippen LogP contribution in [0.15, 0.2) is 63.8 Å². The zero-order chi connectivity index (χ0) is 19.1. The van der Waals surface area contributed by atoms with Crippen molar-refractivity contribution < 1.29 is 9.34 Å². The molecule has 0 amide bonds. The van der Waals surface area contributed by atoms with Gasteiger partial charge in [-0.2, -0.15) is 5.26 Å². The third-order valence-electron chi connectivity index (χ3n) is 4.45. The molecule has 7 nitrogen and oxygen atoms in total. The van der Waals surface area contributed by atoms with Gasteiger partial charge >= 0.3 is 5.63 Å². The minimum atomic E-state index is -0.618. The Morgan fingerprint density at radius 3 is 2.44 bits per heavy atom. The third-order valence-corrected chi connectivity index (χ3v) is 4.45. The van der Waals surface area contributed by atoms with Crippen molar-refractivity contribution in [2.45, 2.75) is 0 Å². The molecule has 2 N–H and O–H groups in total. The first-order valence-corrected chi connectivity index (χ1v) is 7.94. The van der Waals surface area contributed by atoms with Crippen LogP contribution < -0.4 is 11.4 Å². The molecule has 0 aliphatic carbocycles. The van der Waals surface area contributed by atoms with Crippen molar-refractivity contribution in [3.8, 4) is 17.2 Å². The van der Waals surface area contributed by atoms with Gasteiger partial charge in [0, 0.05) is 28.5 Å². The van der Waals surface area contributed by atoms with E-state index in [1.165, 1.54) is 12.1 Å². The minimum Gasteiger partial charge on any atom is -0.422 e. The maximum Gasteiger partial charge on any atom is 0.346 e. The van der Waals surface area contributed by atoms with Crippen LogP contribution in [0.1, 0.15) is 5.56 Å². The summed E-state index contributed by atoms with van der Waals surface area (Å²) in [6.45, 7) is 0. The number of nitro benzene ring substituents is 1. The van der Waals surface area contributed by atoms with Gasteiger partial charge in [-0.25, -0.2) is 4.79 Å². The molecule has 0 bridgehead atoms. The van der Waals surface area contributed by atoms with Crippen LogP contribution in [0.25, 0.3) is 32.9 Å². The number of nitrogens with zero attached hydrogens (tertiary/aromatic N) is 2. The number of para-hydroxylation sites is 1. The summed E-state index contributed by atoms with van der Waals surface area (Å²) < 4.78 is 5.32. The Morgan fingerprint density at radius 2 is 1.78 bits per heavy atom. The van der Waals surface area contributed by atoms with Gasteiger partial charge in [-0.15, -0.1) is 0 Å². The molecule has 3 aromatic carbocycles. The van der Waals surface area contributed by atoms with Gasteiger partial charge in [0.1, 0.15) is 11.7 Å². The monoisotopic (exact) mass is 357 g/mol. The van der Waals surface area contributed by atoms with E-state index in [4.69, 9.17) is 10.2 Å². The van der Waals surface area contributed by atoms with Crippen molar-refractivity contribution in [2.75, 3.05) is 5.73 Å². The summed E-state index contributed by atoms with van der Waals surface area (Å²) >= 11 is 0. The number of hydrogen-bond donors (Lipinski definition) is 1. The number of benzene rings is 3. The molecular formula is C20H11N3O4. The van der Waals surface area contributed by atoms with Crippen molar-refractivity contribution in [2.24, 2.45) is 0 Å². The quantitative estimate of drug-likeness (QED) is 0.190. The Morgan fingerprint density at radius 1 is 1.07 bits per heavy atom. The zero-order valence-electron chi connectivity index (χ0n) is 13.8. The van der Waals surface area contributed by atoms with E-state index in [0.29, 0.717) is 27.5 Å². The van der Waals surface area contributed by atoms with Gasteiger partial charge < -0.3 is 10.2 Å².